The van der Waals surface area contributed by atoms with E-state index < -0.39 is 0 Å². The van der Waals surface area contributed by atoms with Crippen LogP contribution in [0.25, 0.3) is 6.08 Å². The highest BCUT2D eigenvalue weighted by Gasteiger charge is 2.22. The van der Waals surface area contributed by atoms with Crippen LogP contribution in [-0.2, 0) is 4.79 Å². The molecule has 0 spiro atoms. The molecular weight excluding hydrogens is 356 g/mol. The molecule has 1 saturated heterocycles. The second-order valence-corrected chi connectivity index (χ2v) is 6.45. The van der Waals surface area contributed by atoms with E-state index in [0.29, 0.717) is 22.7 Å². The van der Waals surface area contributed by atoms with Crippen LogP contribution in [-0.4, -0.2) is 44.0 Å². The Bertz CT molecular complexity index is 886. The van der Waals surface area contributed by atoms with Crippen molar-refractivity contribution in [1.29, 1.82) is 0 Å². The summed E-state index contributed by atoms with van der Waals surface area (Å²) in [6.45, 7) is 1.52. The summed E-state index contributed by atoms with van der Waals surface area (Å²) in [4.78, 5) is 27.0. The minimum Gasteiger partial charge on any atom is -0.493 e. The summed E-state index contributed by atoms with van der Waals surface area (Å²) < 4.78 is 10.6. The van der Waals surface area contributed by atoms with E-state index >= 15 is 0 Å². The van der Waals surface area contributed by atoms with E-state index in [1.54, 1.807) is 50.6 Å². The fourth-order valence-electron chi connectivity index (χ4n) is 3.25. The Kier molecular flexibility index (Phi) is 6.32. The Labute approximate surface area is 164 Å². The van der Waals surface area contributed by atoms with Crippen LogP contribution < -0.4 is 14.8 Å². The third-order valence-corrected chi connectivity index (χ3v) is 4.66. The third kappa shape index (κ3) is 4.34. The van der Waals surface area contributed by atoms with Crippen molar-refractivity contribution in [2.45, 2.75) is 12.8 Å². The molecule has 2 amide bonds. The summed E-state index contributed by atoms with van der Waals surface area (Å²) in [5.41, 5.74) is 1.73. The number of para-hydroxylation sites is 2. The maximum atomic E-state index is 12.7. The first-order valence-corrected chi connectivity index (χ1v) is 9.22. The van der Waals surface area contributed by atoms with Gasteiger partial charge >= 0.3 is 0 Å². The molecule has 0 atom stereocenters. The molecule has 0 aliphatic carbocycles. The average molecular weight is 380 g/mol. The first-order valence-electron chi connectivity index (χ1n) is 9.22. The molecule has 3 rings (SSSR count). The number of amides is 2. The first-order chi connectivity index (χ1) is 13.6. The molecule has 1 fully saturated rings. The van der Waals surface area contributed by atoms with Crippen LogP contribution in [0.4, 0.5) is 5.69 Å². The normalized spacial score (nSPS) is 13.6. The van der Waals surface area contributed by atoms with Gasteiger partial charge in [0.05, 0.1) is 25.5 Å². The summed E-state index contributed by atoms with van der Waals surface area (Å²) in [5.74, 6) is 0.767. The Balaban J connectivity index is 1.76. The van der Waals surface area contributed by atoms with Gasteiger partial charge in [-0.05, 0) is 37.1 Å². The minimum atomic E-state index is -0.327. The van der Waals surface area contributed by atoms with Gasteiger partial charge in [-0.25, -0.2) is 0 Å². The zero-order valence-corrected chi connectivity index (χ0v) is 16.1. The van der Waals surface area contributed by atoms with E-state index in [2.05, 4.69) is 5.32 Å². The molecule has 28 heavy (non-hydrogen) atoms. The Hall–Kier alpha value is -3.28. The van der Waals surface area contributed by atoms with Crippen molar-refractivity contribution in [3.63, 3.8) is 0 Å². The predicted octanol–water partition coefficient (Wildman–Crippen LogP) is 3.59. The van der Waals surface area contributed by atoms with Crippen LogP contribution in [0.15, 0.2) is 48.5 Å². The number of carbonyl (C=O) groups excluding carboxylic acids is 2. The van der Waals surface area contributed by atoms with Gasteiger partial charge < -0.3 is 19.7 Å². The van der Waals surface area contributed by atoms with Crippen LogP contribution in [0.2, 0.25) is 0 Å². The number of hydrogen-bond donors (Lipinski definition) is 1. The highest BCUT2D eigenvalue weighted by molar-refractivity contribution is 6.07. The van der Waals surface area contributed by atoms with E-state index in [4.69, 9.17) is 9.47 Å². The van der Waals surface area contributed by atoms with Gasteiger partial charge in [-0.1, -0.05) is 24.3 Å². The lowest BCUT2D eigenvalue weighted by molar-refractivity contribution is -0.111. The zero-order valence-electron chi connectivity index (χ0n) is 16.1. The molecule has 1 heterocycles. The summed E-state index contributed by atoms with van der Waals surface area (Å²) in [6.07, 6.45) is 5.10. The zero-order chi connectivity index (χ0) is 19.9. The van der Waals surface area contributed by atoms with Crippen molar-refractivity contribution in [1.82, 2.24) is 4.90 Å². The Morgan fingerprint density at radius 2 is 1.75 bits per heavy atom. The van der Waals surface area contributed by atoms with Gasteiger partial charge in [0.2, 0.25) is 5.91 Å². The number of anilines is 1. The number of ether oxygens (including phenoxy) is 2. The fraction of sp³-hybridized carbons (Fsp3) is 0.273. The van der Waals surface area contributed by atoms with Crippen LogP contribution in [0.5, 0.6) is 11.5 Å². The molecule has 0 radical (unpaired) electrons. The van der Waals surface area contributed by atoms with Crippen LogP contribution >= 0.6 is 0 Å². The second kappa shape index (κ2) is 9.08. The number of benzene rings is 2. The van der Waals surface area contributed by atoms with Crippen molar-refractivity contribution in [2.75, 3.05) is 32.6 Å². The van der Waals surface area contributed by atoms with Crippen molar-refractivity contribution in [2.24, 2.45) is 0 Å². The van der Waals surface area contributed by atoms with Crippen LogP contribution in [0.3, 0.4) is 0 Å². The van der Waals surface area contributed by atoms with E-state index in [-0.39, 0.29) is 11.8 Å². The molecule has 0 aromatic heterocycles. The summed E-state index contributed by atoms with van der Waals surface area (Å²) in [6, 6.07) is 12.5. The van der Waals surface area contributed by atoms with Crippen LogP contribution in [0.1, 0.15) is 28.8 Å². The smallest absolute Gasteiger partial charge is 0.255 e. The van der Waals surface area contributed by atoms with Crippen molar-refractivity contribution in [3.8, 4) is 11.5 Å². The van der Waals surface area contributed by atoms with E-state index in [1.807, 2.05) is 17.0 Å². The molecule has 0 saturated carbocycles. The van der Waals surface area contributed by atoms with Crippen molar-refractivity contribution in [3.05, 3.63) is 59.7 Å². The lowest BCUT2D eigenvalue weighted by atomic mass is 10.1. The molecule has 6 heteroatoms. The lowest BCUT2D eigenvalue weighted by Gasteiger charge is -2.17. The van der Waals surface area contributed by atoms with Gasteiger partial charge in [-0.2, -0.15) is 0 Å². The van der Waals surface area contributed by atoms with Gasteiger partial charge in [-0.15, -0.1) is 0 Å². The van der Waals surface area contributed by atoms with E-state index in [1.165, 1.54) is 6.08 Å². The predicted molar refractivity (Wildman–Crippen MR) is 109 cm³/mol. The lowest BCUT2D eigenvalue weighted by Crippen LogP contribution is -2.28. The number of nitrogens with one attached hydrogen (secondary N) is 1. The summed E-state index contributed by atoms with van der Waals surface area (Å²) in [7, 11) is 3.11. The largest absolute Gasteiger partial charge is 0.493 e. The van der Waals surface area contributed by atoms with Gasteiger partial charge in [0.15, 0.2) is 11.5 Å². The molecule has 1 N–H and O–H groups in total. The molecule has 2 aromatic rings. The molecule has 1 aliphatic heterocycles. The number of methoxy groups -OCH3 is 2. The number of likely N-dealkylation sites (tertiary alicyclic amines) is 1. The third-order valence-electron chi connectivity index (χ3n) is 4.66. The van der Waals surface area contributed by atoms with E-state index in [9.17, 15) is 9.59 Å². The number of nitrogens with zero attached hydrogens (tertiary/aromatic N) is 1. The first kappa shape index (κ1) is 19.5. The van der Waals surface area contributed by atoms with Crippen molar-refractivity contribution >= 4 is 23.6 Å². The summed E-state index contributed by atoms with van der Waals surface area (Å²) in [5, 5.41) is 2.81. The van der Waals surface area contributed by atoms with Gasteiger partial charge in [-0.3, -0.25) is 9.59 Å². The highest BCUT2D eigenvalue weighted by Crippen LogP contribution is 2.31. The highest BCUT2D eigenvalue weighted by atomic mass is 16.5. The van der Waals surface area contributed by atoms with Crippen molar-refractivity contribution < 1.29 is 19.1 Å². The SMILES string of the molecule is COc1cccc(/C=C/C(=O)Nc2ccccc2C(=O)N2CCCC2)c1OC. The van der Waals surface area contributed by atoms with E-state index in [0.717, 1.165) is 31.5 Å². The summed E-state index contributed by atoms with van der Waals surface area (Å²) >= 11 is 0. The molecular formula is C22H24N2O4. The van der Waals surface area contributed by atoms with Gasteiger partial charge in [0.25, 0.3) is 5.91 Å². The average Bonchev–Trinajstić information content (AvgIpc) is 3.26. The quantitative estimate of drug-likeness (QED) is 0.778. The number of carbonyl (C=O) groups is 2. The van der Waals surface area contributed by atoms with Gasteiger partial charge in [0.1, 0.15) is 0 Å². The standard InChI is InChI=1S/C22H24N2O4/c1-27-19-11-7-8-16(21(19)28-2)12-13-20(25)23-18-10-4-3-9-17(18)22(26)24-14-5-6-15-24/h3-4,7-13H,5-6,14-15H2,1-2H3,(H,23,25)/b13-12+. The molecule has 2 aromatic carbocycles. The Morgan fingerprint density at radius 3 is 2.46 bits per heavy atom. The maximum absolute atomic E-state index is 12.7. The molecule has 0 unspecified atom stereocenters. The Morgan fingerprint density at radius 1 is 1.00 bits per heavy atom. The van der Waals surface area contributed by atoms with Gasteiger partial charge in [0, 0.05) is 24.7 Å². The van der Waals surface area contributed by atoms with Crippen LogP contribution in [0, 0.1) is 0 Å². The molecule has 146 valence electrons. The number of rotatable bonds is 6. The minimum absolute atomic E-state index is 0.0492. The second-order valence-electron chi connectivity index (χ2n) is 6.45. The fourth-order valence-corrected chi connectivity index (χ4v) is 3.25. The molecule has 0 bridgehead atoms. The maximum Gasteiger partial charge on any atom is 0.255 e. The molecule has 6 nitrogen and oxygen atoms in total. The monoisotopic (exact) mass is 380 g/mol. The number of hydrogen-bond acceptors (Lipinski definition) is 4. The molecule has 1 aliphatic rings. The topological polar surface area (TPSA) is 67.9 Å².